The fraction of sp³-hybridized carbons (Fsp3) is 0.707. The number of ether oxygens (including phenoxy) is 3. The third-order valence-corrected chi connectivity index (χ3v) is 11.2. The van der Waals surface area contributed by atoms with Gasteiger partial charge in [0.15, 0.2) is 6.10 Å². The lowest BCUT2D eigenvalue weighted by atomic mass is 10.1. The molecule has 0 bridgehead atoms. The Kier molecular flexibility index (Phi) is 49.4. The Hall–Kier alpha value is -3.41. The van der Waals surface area contributed by atoms with Crippen molar-refractivity contribution in [1.82, 2.24) is 0 Å². The predicted octanol–water partition coefficient (Wildman–Crippen LogP) is 17.6. The molecule has 1 atom stereocenters. The van der Waals surface area contributed by atoms with Gasteiger partial charge in [-0.25, -0.2) is 0 Å². The summed E-state index contributed by atoms with van der Waals surface area (Å²) in [6.07, 6.45) is 67.4. The number of hydrogen-bond donors (Lipinski definition) is 0. The second-order valence-electron chi connectivity index (χ2n) is 17.4. The van der Waals surface area contributed by atoms with E-state index in [-0.39, 0.29) is 31.1 Å². The third-order valence-electron chi connectivity index (χ3n) is 11.2. The molecule has 0 rings (SSSR count). The second-order valence-corrected chi connectivity index (χ2v) is 17.4. The Morgan fingerprint density at radius 2 is 0.609 bits per heavy atom. The zero-order valence-corrected chi connectivity index (χ0v) is 41.8. The van der Waals surface area contributed by atoms with Gasteiger partial charge in [0.2, 0.25) is 0 Å². The molecule has 0 aliphatic carbocycles. The molecule has 0 spiro atoms. The van der Waals surface area contributed by atoms with Crippen molar-refractivity contribution in [2.24, 2.45) is 0 Å². The number of allylic oxidation sites excluding steroid dienone is 14. The van der Waals surface area contributed by atoms with Gasteiger partial charge in [-0.15, -0.1) is 0 Å². The number of rotatable bonds is 47. The predicted molar refractivity (Wildman–Crippen MR) is 274 cm³/mol. The van der Waals surface area contributed by atoms with Crippen LogP contribution in [0.1, 0.15) is 245 Å². The largest absolute Gasteiger partial charge is 0.462 e. The highest BCUT2D eigenvalue weighted by Crippen LogP contribution is 2.14. The summed E-state index contributed by atoms with van der Waals surface area (Å²) in [5, 5.41) is 0. The molecule has 0 amide bonds. The number of carbonyl (C=O) groups is 3. The third kappa shape index (κ3) is 49.6. The van der Waals surface area contributed by atoms with E-state index < -0.39 is 6.10 Å². The van der Waals surface area contributed by atoms with E-state index in [9.17, 15) is 14.4 Å². The van der Waals surface area contributed by atoms with Crippen molar-refractivity contribution >= 4 is 17.9 Å². The molecule has 0 saturated heterocycles. The summed E-state index contributed by atoms with van der Waals surface area (Å²) in [5.74, 6) is -0.897. The van der Waals surface area contributed by atoms with Crippen molar-refractivity contribution < 1.29 is 28.6 Å². The van der Waals surface area contributed by atoms with Crippen molar-refractivity contribution in [2.45, 2.75) is 252 Å². The smallest absolute Gasteiger partial charge is 0.306 e. The van der Waals surface area contributed by atoms with E-state index in [1.807, 2.05) is 0 Å². The molecule has 0 aliphatic rings. The molecule has 64 heavy (non-hydrogen) atoms. The molecule has 0 aliphatic heterocycles. The molecule has 0 aromatic heterocycles. The van der Waals surface area contributed by atoms with Crippen LogP contribution >= 0.6 is 0 Å². The quantitative estimate of drug-likeness (QED) is 0.0262. The standard InChI is InChI=1S/C58H98O6/c1-4-7-10-13-16-19-20-21-22-23-24-25-26-27-28-29-30-31-32-33-34-35-36-37-38-40-42-45-48-51-57(60)63-54-55(53-62-56(59)50-47-44-41-18-15-12-9-6-3)64-58(61)52-49-46-43-39-17-14-11-8-5-2/h7,10,16,19,21-22,24-25,27-28,30-31,33-34,55H,4-6,8-9,11-15,17-18,20,23,26,29,32,35-54H2,1-3H3/b10-7-,19-16-,22-21-,25-24-,28-27-,31-30-,34-33-. The zero-order valence-electron chi connectivity index (χ0n) is 41.8. The highest BCUT2D eigenvalue weighted by atomic mass is 16.6. The van der Waals surface area contributed by atoms with Crippen LogP contribution in [0.2, 0.25) is 0 Å². The van der Waals surface area contributed by atoms with Gasteiger partial charge in [-0.1, -0.05) is 234 Å². The molecule has 366 valence electrons. The van der Waals surface area contributed by atoms with Gasteiger partial charge in [0.25, 0.3) is 0 Å². The number of hydrogen-bond acceptors (Lipinski definition) is 6. The summed E-state index contributed by atoms with van der Waals surface area (Å²) in [5.41, 5.74) is 0. The van der Waals surface area contributed by atoms with Crippen LogP contribution in [0.4, 0.5) is 0 Å². The second kappa shape index (κ2) is 52.2. The molecular formula is C58H98O6. The first kappa shape index (κ1) is 60.6. The number of unbranched alkanes of at least 4 members (excludes halogenated alkanes) is 22. The fourth-order valence-electron chi connectivity index (χ4n) is 7.19. The van der Waals surface area contributed by atoms with Gasteiger partial charge in [-0.2, -0.15) is 0 Å². The Morgan fingerprint density at radius 1 is 0.328 bits per heavy atom. The Morgan fingerprint density at radius 3 is 0.953 bits per heavy atom. The first-order valence-corrected chi connectivity index (χ1v) is 26.6. The van der Waals surface area contributed by atoms with E-state index in [1.54, 1.807) is 0 Å². The first-order valence-electron chi connectivity index (χ1n) is 26.6. The van der Waals surface area contributed by atoms with Crippen LogP contribution in [-0.2, 0) is 28.6 Å². The van der Waals surface area contributed by atoms with Crippen LogP contribution in [0.5, 0.6) is 0 Å². The summed E-state index contributed by atoms with van der Waals surface area (Å²) in [6.45, 7) is 6.46. The fourth-order valence-corrected chi connectivity index (χ4v) is 7.19. The van der Waals surface area contributed by atoms with Crippen LogP contribution in [0, 0.1) is 0 Å². The van der Waals surface area contributed by atoms with Crippen molar-refractivity contribution in [1.29, 1.82) is 0 Å². The van der Waals surface area contributed by atoms with Crippen molar-refractivity contribution in [2.75, 3.05) is 13.2 Å². The highest BCUT2D eigenvalue weighted by molar-refractivity contribution is 5.71. The molecule has 0 saturated carbocycles. The van der Waals surface area contributed by atoms with Crippen LogP contribution < -0.4 is 0 Å². The normalized spacial score (nSPS) is 12.7. The topological polar surface area (TPSA) is 78.9 Å². The lowest BCUT2D eigenvalue weighted by molar-refractivity contribution is -0.167. The van der Waals surface area contributed by atoms with E-state index >= 15 is 0 Å². The van der Waals surface area contributed by atoms with Crippen LogP contribution in [-0.4, -0.2) is 37.2 Å². The van der Waals surface area contributed by atoms with Crippen molar-refractivity contribution in [3.8, 4) is 0 Å². The highest BCUT2D eigenvalue weighted by Gasteiger charge is 2.19. The molecular weight excluding hydrogens is 793 g/mol. The molecule has 0 fully saturated rings. The number of carbonyl (C=O) groups excluding carboxylic acids is 3. The average molecular weight is 891 g/mol. The van der Waals surface area contributed by atoms with Gasteiger partial charge in [-0.3, -0.25) is 14.4 Å². The first-order chi connectivity index (χ1) is 31.5. The summed E-state index contributed by atoms with van der Waals surface area (Å²) in [6, 6.07) is 0. The lowest BCUT2D eigenvalue weighted by Gasteiger charge is -2.18. The minimum atomic E-state index is -0.774. The maximum Gasteiger partial charge on any atom is 0.306 e. The van der Waals surface area contributed by atoms with Gasteiger partial charge in [-0.05, 0) is 77.0 Å². The van der Waals surface area contributed by atoms with Crippen molar-refractivity contribution in [3.63, 3.8) is 0 Å². The van der Waals surface area contributed by atoms with Crippen LogP contribution in [0.3, 0.4) is 0 Å². The van der Waals surface area contributed by atoms with Gasteiger partial charge < -0.3 is 14.2 Å². The monoisotopic (exact) mass is 891 g/mol. The maximum atomic E-state index is 12.7. The molecule has 0 aromatic rings. The van der Waals surface area contributed by atoms with Gasteiger partial charge in [0.1, 0.15) is 13.2 Å². The summed E-state index contributed by atoms with van der Waals surface area (Å²) in [7, 11) is 0. The van der Waals surface area contributed by atoms with E-state index in [4.69, 9.17) is 14.2 Å². The Bertz CT molecular complexity index is 1250. The Balaban J connectivity index is 4.13. The number of esters is 3. The lowest BCUT2D eigenvalue weighted by Crippen LogP contribution is -2.30. The van der Waals surface area contributed by atoms with E-state index in [0.717, 1.165) is 109 Å². The molecule has 6 nitrogen and oxygen atoms in total. The zero-order chi connectivity index (χ0) is 46.5. The molecule has 0 N–H and O–H groups in total. The van der Waals surface area contributed by atoms with E-state index in [0.29, 0.717) is 19.3 Å². The Labute approximate surface area is 395 Å². The van der Waals surface area contributed by atoms with E-state index in [1.165, 1.54) is 96.3 Å². The van der Waals surface area contributed by atoms with Crippen molar-refractivity contribution in [3.05, 3.63) is 85.1 Å². The van der Waals surface area contributed by atoms with E-state index in [2.05, 4.69) is 106 Å². The molecule has 0 radical (unpaired) electrons. The average Bonchev–Trinajstić information content (AvgIpc) is 3.29. The van der Waals surface area contributed by atoms with Gasteiger partial charge in [0.05, 0.1) is 0 Å². The summed E-state index contributed by atoms with van der Waals surface area (Å²) in [4.78, 5) is 37.7. The molecule has 0 aromatic carbocycles. The van der Waals surface area contributed by atoms with Crippen LogP contribution in [0.25, 0.3) is 0 Å². The molecule has 6 heteroatoms. The maximum absolute atomic E-state index is 12.7. The summed E-state index contributed by atoms with van der Waals surface area (Å²) < 4.78 is 16.7. The molecule has 0 heterocycles. The van der Waals surface area contributed by atoms with Gasteiger partial charge >= 0.3 is 17.9 Å². The van der Waals surface area contributed by atoms with Crippen LogP contribution in [0.15, 0.2) is 85.1 Å². The summed E-state index contributed by atoms with van der Waals surface area (Å²) >= 11 is 0. The SMILES string of the molecule is CC/C=C\C/C=C\C/C=C\C/C=C\C/C=C\C/C=C\C/C=C\CCCCCCCCCC(=O)OCC(COC(=O)CCCCCCCCCC)OC(=O)CCCCCCCCCCC. The minimum absolute atomic E-state index is 0.0775. The molecule has 1 unspecified atom stereocenters. The van der Waals surface area contributed by atoms with Gasteiger partial charge in [0, 0.05) is 19.3 Å². The minimum Gasteiger partial charge on any atom is -0.462 e.